The average molecular weight is 399 g/mol. The summed E-state index contributed by atoms with van der Waals surface area (Å²) < 4.78 is 6.10. The Morgan fingerprint density at radius 2 is 1.62 bits per heavy atom. The van der Waals surface area contributed by atoms with Crippen molar-refractivity contribution in [3.63, 3.8) is 0 Å². The van der Waals surface area contributed by atoms with E-state index in [1.54, 1.807) is 7.11 Å². The Balaban J connectivity index is 1.87. The molecular weight excluding hydrogens is 382 g/mol. The van der Waals surface area contributed by atoms with Crippen LogP contribution in [0.4, 0.5) is 11.8 Å². The van der Waals surface area contributed by atoms with Crippen molar-refractivity contribution in [2.24, 2.45) is 0 Å². The third-order valence-electron chi connectivity index (χ3n) is 4.80. The minimum absolute atomic E-state index is 0.155. The van der Waals surface area contributed by atoms with Crippen molar-refractivity contribution in [3.05, 3.63) is 60.7 Å². The van der Waals surface area contributed by atoms with Crippen LogP contribution in [0.25, 0.3) is 42.8 Å². The molecule has 0 saturated carbocycles. The molecule has 142 valence electrons. The lowest BCUT2D eigenvalue weighted by molar-refractivity contribution is 0.415. The molecular formula is C22H17N5OS. The van der Waals surface area contributed by atoms with Crippen molar-refractivity contribution in [1.29, 1.82) is 0 Å². The summed E-state index contributed by atoms with van der Waals surface area (Å²) in [5.41, 5.74) is 16.7. The minimum Gasteiger partial charge on any atom is -0.497 e. The first-order valence-electron chi connectivity index (χ1n) is 9.00. The third-order valence-corrected chi connectivity index (χ3v) is 5.90. The zero-order valence-electron chi connectivity index (χ0n) is 15.6. The highest BCUT2D eigenvalue weighted by Gasteiger charge is 2.18. The van der Waals surface area contributed by atoms with E-state index in [4.69, 9.17) is 21.2 Å². The largest absolute Gasteiger partial charge is 0.497 e. The van der Waals surface area contributed by atoms with Crippen molar-refractivity contribution < 1.29 is 4.74 Å². The number of pyridine rings is 1. The Kier molecular flexibility index (Phi) is 4.03. The number of hydrogen-bond donors (Lipinski definition) is 2. The molecule has 6 nitrogen and oxygen atoms in total. The zero-order valence-corrected chi connectivity index (χ0v) is 16.4. The first-order valence-corrected chi connectivity index (χ1v) is 9.82. The van der Waals surface area contributed by atoms with E-state index in [1.807, 2.05) is 54.6 Å². The van der Waals surface area contributed by atoms with Gasteiger partial charge in [0.15, 0.2) is 0 Å². The highest BCUT2D eigenvalue weighted by molar-refractivity contribution is 7.26. The number of thiophene rings is 1. The molecule has 0 radical (unpaired) electrons. The number of nitrogens with two attached hydrogens (primary N) is 2. The lowest BCUT2D eigenvalue weighted by Crippen LogP contribution is -1.99. The molecule has 0 atom stereocenters. The number of nitrogens with zero attached hydrogens (tertiary/aromatic N) is 3. The van der Waals surface area contributed by atoms with Crippen LogP contribution in [0.3, 0.4) is 0 Å². The number of aromatic nitrogens is 3. The molecule has 0 aliphatic carbocycles. The fourth-order valence-electron chi connectivity index (χ4n) is 3.43. The number of hydrogen-bond acceptors (Lipinski definition) is 7. The fourth-order valence-corrected chi connectivity index (χ4v) is 4.47. The lowest BCUT2D eigenvalue weighted by atomic mass is 10.00. The molecule has 0 spiro atoms. The second-order valence-corrected chi connectivity index (χ2v) is 7.58. The number of benzene rings is 2. The Morgan fingerprint density at radius 1 is 0.862 bits per heavy atom. The molecule has 0 saturated heterocycles. The monoisotopic (exact) mass is 399 g/mol. The highest BCUT2D eigenvalue weighted by Crippen LogP contribution is 2.42. The highest BCUT2D eigenvalue weighted by atomic mass is 32.1. The van der Waals surface area contributed by atoms with Crippen molar-refractivity contribution in [2.45, 2.75) is 0 Å². The summed E-state index contributed by atoms with van der Waals surface area (Å²) in [6.45, 7) is 0. The summed E-state index contributed by atoms with van der Waals surface area (Å²) in [4.78, 5) is 14.3. The Bertz CT molecular complexity index is 1350. The van der Waals surface area contributed by atoms with Gasteiger partial charge in [-0.05, 0) is 29.3 Å². The van der Waals surface area contributed by atoms with Gasteiger partial charge >= 0.3 is 0 Å². The van der Waals surface area contributed by atoms with Crippen LogP contribution >= 0.6 is 11.3 Å². The van der Waals surface area contributed by atoms with E-state index >= 15 is 0 Å². The normalized spacial score (nSPS) is 11.2. The molecule has 2 aromatic carbocycles. The van der Waals surface area contributed by atoms with Gasteiger partial charge in [-0.25, -0.2) is 9.97 Å². The van der Waals surface area contributed by atoms with E-state index in [2.05, 4.69) is 16.0 Å². The van der Waals surface area contributed by atoms with Gasteiger partial charge in [0.2, 0.25) is 5.95 Å². The molecule has 0 aliphatic rings. The van der Waals surface area contributed by atoms with Gasteiger partial charge in [-0.1, -0.05) is 42.5 Å². The van der Waals surface area contributed by atoms with Crippen LogP contribution in [-0.2, 0) is 0 Å². The van der Waals surface area contributed by atoms with Gasteiger partial charge in [0.1, 0.15) is 16.4 Å². The predicted octanol–water partition coefficient (Wildman–Crippen LogP) is 4.75. The van der Waals surface area contributed by atoms with Crippen LogP contribution in [0.5, 0.6) is 5.75 Å². The molecule has 0 unspecified atom stereocenters. The number of anilines is 2. The summed E-state index contributed by atoms with van der Waals surface area (Å²) in [7, 11) is 1.65. The van der Waals surface area contributed by atoms with Crippen LogP contribution in [0.2, 0.25) is 0 Å². The molecule has 0 bridgehead atoms. The van der Waals surface area contributed by atoms with Crippen LogP contribution in [-0.4, -0.2) is 22.1 Å². The van der Waals surface area contributed by atoms with Gasteiger partial charge in [-0.3, -0.25) is 0 Å². The first-order chi connectivity index (χ1) is 14.1. The van der Waals surface area contributed by atoms with Crippen molar-refractivity contribution in [2.75, 3.05) is 18.6 Å². The molecule has 3 heterocycles. The quantitative estimate of drug-likeness (QED) is 0.454. The SMILES string of the molecule is COc1ccc(-c2cc(-c3ccccc3)nc3sc4c(N)nc(N)nc4c23)cc1. The van der Waals surface area contributed by atoms with E-state index < -0.39 is 0 Å². The maximum Gasteiger partial charge on any atom is 0.222 e. The Hall–Kier alpha value is -3.71. The van der Waals surface area contributed by atoms with Crippen LogP contribution in [0, 0.1) is 0 Å². The van der Waals surface area contributed by atoms with Crippen molar-refractivity contribution in [1.82, 2.24) is 15.0 Å². The molecule has 3 aromatic heterocycles. The van der Waals surface area contributed by atoms with Gasteiger partial charge in [0.25, 0.3) is 0 Å². The van der Waals surface area contributed by atoms with Gasteiger partial charge in [0, 0.05) is 10.9 Å². The smallest absolute Gasteiger partial charge is 0.222 e. The van der Waals surface area contributed by atoms with Crippen molar-refractivity contribution >= 4 is 43.5 Å². The number of rotatable bonds is 3. The Labute approximate surface area is 170 Å². The third kappa shape index (κ3) is 2.92. The van der Waals surface area contributed by atoms with E-state index in [0.717, 1.165) is 48.6 Å². The zero-order chi connectivity index (χ0) is 20.0. The maximum atomic E-state index is 6.13. The standard InChI is InChI=1S/C22H17N5OS/c1-28-14-9-7-12(8-10-14)15-11-16(13-5-3-2-4-6-13)25-21-17(15)18-19(29-21)20(23)27-22(24)26-18/h2-11H,1H3,(H4,23,24,26,27). The number of nitrogen functional groups attached to an aromatic ring is 2. The van der Waals surface area contributed by atoms with Crippen molar-refractivity contribution in [3.8, 4) is 28.1 Å². The summed E-state index contributed by atoms with van der Waals surface area (Å²) in [6.07, 6.45) is 0. The lowest BCUT2D eigenvalue weighted by Gasteiger charge is -2.09. The maximum absolute atomic E-state index is 6.13. The van der Waals surface area contributed by atoms with Crippen LogP contribution < -0.4 is 16.2 Å². The van der Waals surface area contributed by atoms with E-state index in [9.17, 15) is 0 Å². The van der Waals surface area contributed by atoms with Gasteiger partial charge in [-0.2, -0.15) is 4.98 Å². The topological polar surface area (TPSA) is 99.9 Å². The summed E-state index contributed by atoms with van der Waals surface area (Å²) >= 11 is 1.48. The molecule has 4 N–H and O–H groups in total. The van der Waals surface area contributed by atoms with E-state index in [1.165, 1.54) is 11.3 Å². The number of ether oxygens (including phenoxy) is 1. The molecule has 5 aromatic rings. The molecule has 29 heavy (non-hydrogen) atoms. The molecule has 0 aliphatic heterocycles. The fraction of sp³-hybridized carbons (Fsp3) is 0.0455. The second kappa shape index (κ2) is 6.72. The molecule has 5 rings (SSSR count). The van der Waals surface area contributed by atoms with Gasteiger partial charge < -0.3 is 16.2 Å². The Morgan fingerprint density at radius 3 is 2.34 bits per heavy atom. The second-order valence-electron chi connectivity index (χ2n) is 6.58. The summed E-state index contributed by atoms with van der Waals surface area (Å²) in [6, 6.07) is 20.1. The molecule has 0 fully saturated rings. The number of fused-ring (bicyclic) bond motifs is 3. The first kappa shape index (κ1) is 17.4. The predicted molar refractivity (Wildman–Crippen MR) is 119 cm³/mol. The minimum atomic E-state index is 0.155. The van der Waals surface area contributed by atoms with Crippen LogP contribution in [0.15, 0.2) is 60.7 Å². The van der Waals surface area contributed by atoms with E-state index in [0.29, 0.717) is 5.82 Å². The number of methoxy groups -OCH3 is 1. The average Bonchev–Trinajstić information content (AvgIpc) is 3.13. The summed E-state index contributed by atoms with van der Waals surface area (Å²) in [5, 5.41) is 0.927. The van der Waals surface area contributed by atoms with Crippen LogP contribution in [0.1, 0.15) is 0 Å². The van der Waals surface area contributed by atoms with E-state index in [-0.39, 0.29) is 5.95 Å². The molecule has 0 amide bonds. The summed E-state index contributed by atoms with van der Waals surface area (Å²) in [5.74, 6) is 1.33. The van der Waals surface area contributed by atoms with Gasteiger partial charge in [0.05, 0.1) is 23.0 Å². The molecule has 7 heteroatoms. The van der Waals surface area contributed by atoms with Gasteiger partial charge in [-0.15, -0.1) is 11.3 Å².